The van der Waals surface area contributed by atoms with Crippen molar-refractivity contribution in [2.24, 2.45) is 5.73 Å². The summed E-state index contributed by atoms with van der Waals surface area (Å²) in [6, 6.07) is 1.67. The number of aliphatic hydroxyl groups is 1. The average Bonchev–Trinajstić information content (AvgIpc) is 3.27. The highest BCUT2D eigenvalue weighted by Crippen LogP contribution is 2.46. The number of hydrogen-bond donors (Lipinski definition) is 4. The molecule has 4 N–H and O–H groups in total. The Kier molecular flexibility index (Phi) is 5.96. The number of benzene rings is 1. The van der Waals surface area contributed by atoms with Gasteiger partial charge >= 0.3 is 5.97 Å². The number of nitrogens with two attached hydrogens (primary N) is 1. The maximum Gasteiger partial charge on any atom is 0.343 e. The van der Waals surface area contributed by atoms with E-state index in [1.54, 1.807) is 38.3 Å². The number of aromatic nitrogens is 2. The second-order valence-electron chi connectivity index (χ2n) is 11.5. The van der Waals surface area contributed by atoms with Gasteiger partial charge in [-0.25, -0.2) is 14.2 Å². The number of ether oxygens (including phenoxy) is 1. The Morgan fingerprint density at radius 2 is 2.08 bits per heavy atom. The summed E-state index contributed by atoms with van der Waals surface area (Å²) in [7, 11) is 0. The molecule has 0 fully saturated rings. The number of nitrogens with one attached hydrogen (secondary N) is 1. The van der Waals surface area contributed by atoms with Gasteiger partial charge in [0.1, 0.15) is 12.4 Å². The number of pyridine rings is 2. The topological polar surface area (TPSA) is 137 Å². The Morgan fingerprint density at radius 3 is 2.75 bits per heavy atom. The molecule has 1 amide bonds. The highest BCUT2D eigenvalue weighted by molar-refractivity contribution is 7.81. The molecule has 3 aliphatic rings. The van der Waals surface area contributed by atoms with Gasteiger partial charge < -0.3 is 25.5 Å². The van der Waals surface area contributed by atoms with E-state index >= 15 is 4.39 Å². The molecule has 0 saturated carbocycles. The van der Waals surface area contributed by atoms with Gasteiger partial charge in [0.2, 0.25) is 5.91 Å². The largest absolute Gasteiger partial charge is 0.458 e. The number of rotatable bonds is 4. The van der Waals surface area contributed by atoms with Crippen LogP contribution < -0.4 is 16.6 Å². The molecule has 0 radical (unpaired) electrons. The third-order valence-corrected chi connectivity index (χ3v) is 9.02. The van der Waals surface area contributed by atoms with Crippen LogP contribution in [0.3, 0.4) is 0 Å². The molecular formula is C29H31FN4O5S. The minimum Gasteiger partial charge on any atom is -0.458 e. The first kappa shape index (κ1) is 26.9. The summed E-state index contributed by atoms with van der Waals surface area (Å²) in [5.74, 6) is -1.55. The molecule has 0 unspecified atom stereocenters. The lowest BCUT2D eigenvalue weighted by Crippen LogP contribution is -2.52. The molecule has 210 valence electrons. The fraction of sp³-hybridized carbons (Fsp3) is 0.448. The van der Waals surface area contributed by atoms with E-state index in [0.29, 0.717) is 35.3 Å². The Balaban J connectivity index is 1.60. The first-order valence-corrected chi connectivity index (χ1v) is 13.8. The summed E-state index contributed by atoms with van der Waals surface area (Å²) in [6.07, 6.45) is 1.06. The summed E-state index contributed by atoms with van der Waals surface area (Å²) in [5.41, 5.74) is 8.43. The summed E-state index contributed by atoms with van der Waals surface area (Å²) in [5, 5.41) is 15.0. The number of esters is 1. The number of fused-ring (bicyclic) bond motifs is 5. The zero-order chi connectivity index (χ0) is 28.9. The van der Waals surface area contributed by atoms with Crippen LogP contribution in [0.2, 0.25) is 0 Å². The molecule has 1 aliphatic carbocycles. The number of thiol groups is 1. The van der Waals surface area contributed by atoms with E-state index in [1.807, 2.05) is 0 Å². The molecule has 3 atom stereocenters. The van der Waals surface area contributed by atoms with Crippen LogP contribution in [0.1, 0.15) is 73.0 Å². The number of nitrogens with zero attached hydrogens (tertiary/aromatic N) is 2. The van der Waals surface area contributed by atoms with Crippen LogP contribution in [0, 0.1) is 12.7 Å². The SMILES string of the molecule is CC[C@@]1(O)C(=O)OCc2c1cc1n(c2=O)Cc2c-1nc1cc(F)c(C)c3c1c2[C@@H](NC(=O)[C@@H](N)C(C)(C)S)CC3. The van der Waals surface area contributed by atoms with Crippen molar-refractivity contribution in [3.8, 4) is 11.4 Å². The predicted octanol–water partition coefficient (Wildman–Crippen LogP) is 2.67. The molecule has 11 heteroatoms. The number of halogens is 1. The first-order valence-electron chi connectivity index (χ1n) is 13.4. The molecule has 2 aromatic heterocycles. The Labute approximate surface area is 235 Å². The fourth-order valence-corrected chi connectivity index (χ4v) is 6.40. The fourth-order valence-electron chi connectivity index (χ4n) is 6.28. The monoisotopic (exact) mass is 566 g/mol. The number of carbonyl (C=O) groups excluding carboxylic acids is 2. The Hall–Kier alpha value is -3.28. The van der Waals surface area contributed by atoms with E-state index < -0.39 is 28.4 Å². The maximum absolute atomic E-state index is 15.0. The van der Waals surface area contributed by atoms with E-state index in [4.69, 9.17) is 15.5 Å². The maximum atomic E-state index is 15.0. The van der Waals surface area contributed by atoms with Gasteiger partial charge in [-0.05, 0) is 62.8 Å². The number of amides is 1. The molecule has 2 aliphatic heterocycles. The molecule has 3 aromatic rings. The van der Waals surface area contributed by atoms with Gasteiger partial charge in [0, 0.05) is 27.3 Å². The van der Waals surface area contributed by atoms with Crippen molar-refractivity contribution in [1.82, 2.24) is 14.9 Å². The van der Waals surface area contributed by atoms with Crippen molar-refractivity contribution < 1.29 is 23.8 Å². The molecule has 40 heavy (non-hydrogen) atoms. The third-order valence-electron chi connectivity index (χ3n) is 8.74. The molecule has 0 saturated heterocycles. The molecule has 0 spiro atoms. The van der Waals surface area contributed by atoms with Crippen molar-refractivity contribution in [2.45, 2.75) is 82.5 Å². The lowest BCUT2D eigenvalue weighted by atomic mass is 9.81. The number of cyclic esters (lactones) is 1. The van der Waals surface area contributed by atoms with Gasteiger partial charge in [0.05, 0.1) is 41.1 Å². The standard InChI is InChI=1S/C29H31FN4O5S/c1-5-29(38)16-8-20-23-14(10-34(20)26(36)15(16)11-39-27(29)37)22-18(33-25(35)24(31)28(3,4)40)7-6-13-12(2)17(30)9-19(32-23)21(13)22/h8-9,18,24,38,40H,5-7,10-11,31H2,1-4H3,(H,33,35)/t18-,24+,29-/m0/s1. The molecule has 9 nitrogen and oxygen atoms in total. The summed E-state index contributed by atoms with van der Waals surface area (Å²) < 4.78 is 21.0. The van der Waals surface area contributed by atoms with Crippen molar-refractivity contribution >= 4 is 35.4 Å². The highest BCUT2D eigenvalue weighted by Gasteiger charge is 2.46. The normalized spacial score (nSPS) is 21.9. The second-order valence-corrected chi connectivity index (χ2v) is 12.7. The minimum atomic E-state index is -1.96. The number of aryl methyl sites for hydroxylation is 1. The van der Waals surface area contributed by atoms with Gasteiger partial charge in [-0.1, -0.05) is 6.92 Å². The summed E-state index contributed by atoms with van der Waals surface area (Å²) >= 11 is 4.47. The third kappa shape index (κ3) is 3.67. The number of carbonyl (C=O) groups is 2. The quantitative estimate of drug-likeness (QED) is 0.220. The van der Waals surface area contributed by atoms with Crippen molar-refractivity contribution in [2.75, 3.05) is 0 Å². The summed E-state index contributed by atoms with van der Waals surface area (Å²) in [4.78, 5) is 44.3. The highest BCUT2D eigenvalue weighted by atomic mass is 32.1. The Bertz CT molecular complexity index is 1710. The van der Waals surface area contributed by atoms with Crippen LogP contribution in [0.15, 0.2) is 16.9 Å². The van der Waals surface area contributed by atoms with Gasteiger partial charge in [0.25, 0.3) is 5.56 Å². The molecular weight excluding hydrogens is 535 g/mol. The van der Waals surface area contributed by atoms with Gasteiger partial charge in [-0.15, -0.1) is 0 Å². The van der Waals surface area contributed by atoms with E-state index in [-0.39, 0.29) is 48.0 Å². The van der Waals surface area contributed by atoms with Crippen molar-refractivity contribution in [3.05, 3.63) is 61.7 Å². The zero-order valence-corrected chi connectivity index (χ0v) is 23.6. The second kappa shape index (κ2) is 8.86. The van der Waals surface area contributed by atoms with Crippen LogP contribution in [-0.2, 0) is 39.5 Å². The van der Waals surface area contributed by atoms with Gasteiger partial charge in [0.15, 0.2) is 5.60 Å². The lowest BCUT2D eigenvalue weighted by molar-refractivity contribution is -0.172. The molecule has 4 heterocycles. The van der Waals surface area contributed by atoms with Crippen LogP contribution in [0.4, 0.5) is 4.39 Å². The summed E-state index contributed by atoms with van der Waals surface area (Å²) in [6.45, 7) is 6.83. The average molecular weight is 567 g/mol. The van der Waals surface area contributed by atoms with E-state index in [1.165, 1.54) is 6.07 Å². The van der Waals surface area contributed by atoms with Gasteiger partial charge in [-0.3, -0.25) is 9.59 Å². The number of hydrogen-bond acceptors (Lipinski definition) is 8. The lowest BCUT2D eigenvalue weighted by Gasteiger charge is -2.32. The van der Waals surface area contributed by atoms with E-state index in [2.05, 4.69) is 17.9 Å². The van der Waals surface area contributed by atoms with Crippen LogP contribution >= 0.6 is 12.6 Å². The zero-order valence-electron chi connectivity index (χ0n) is 22.7. The van der Waals surface area contributed by atoms with Crippen molar-refractivity contribution in [3.63, 3.8) is 0 Å². The van der Waals surface area contributed by atoms with E-state index in [0.717, 1.165) is 22.1 Å². The first-order chi connectivity index (χ1) is 18.8. The minimum absolute atomic E-state index is 0.0225. The van der Waals surface area contributed by atoms with Crippen LogP contribution in [-0.4, -0.2) is 37.3 Å². The van der Waals surface area contributed by atoms with Crippen LogP contribution in [0.25, 0.3) is 22.3 Å². The molecule has 1 aromatic carbocycles. The predicted molar refractivity (Wildman–Crippen MR) is 149 cm³/mol. The van der Waals surface area contributed by atoms with E-state index in [9.17, 15) is 19.5 Å². The van der Waals surface area contributed by atoms with Crippen molar-refractivity contribution in [1.29, 1.82) is 0 Å². The molecule has 6 rings (SSSR count). The van der Waals surface area contributed by atoms with Crippen LogP contribution in [0.5, 0.6) is 0 Å². The molecule has 0 bridgehead atoms. The smallest absolute Gasteiger partial charge is 0.343 e. The Morgan fingerprint density at radius 1 is 1.35 bits per heavy atom. The van der Waals surface area contributed by atoms with Gasteiger partial charge in [-0.2, -0.15) is 12.6 Å².